The lowest BCUT2D eigenvalue weighted by atomic mass is 9.78. The van der Waals surface area contributed by atoms with Crippen molar-refractivity contribution in [2.45, 2.75) is 19.3 Å². The molecule has 0 saturated carbocycles. The minimum Gasteiger partial charge on any atom is -0.457 e. The summed E-state index contributed by atoms with van der Waals surface area (Å²) in [6, 6.07) is 55.4. The topological polar surface area (TPSA) is 410 Å². The van der Waals surface area contributed by atoms with Crippen molar-refractivity contribution in [1.82, 2.24) is 0 Å². The smallest absolute Gasteiger partial charge is 0.347 e. The van der Waals surface area contributed by atoms with Crippen molar-refractivity contribution >= 4 is 124 Å². The van der Waals surface area contributed by atoms with Gasteiger partial charge in [0, 0.05) is 38.8 Å². The average molecular weight is 1660 g/mol. The monoisotopic (exact) mass is 1660 g/mol. The molecule has 30 nitrogen and oxygen atoms in total. The summed E-state index contributed by atoms with van der Waals surface area (Å²) in [6.07, 6.45) is 0. The van der Waals surface area contributed by atoms with Gasteiger partial charge in [0.05, 0.1) is 89.0 Å². The molecule has 11 aromatic rings. The molecule has 124 heavy (non-hydrogen) atoms. The van der Waals surface area contributed by atoms with Crippen LogP contribution >= 0.6 is 0 Å². The second-order valence-corrected chi connectivity index (χ2v) is 28.4. The van der Waals surface area contributed by atoms with Crippen molar-refractivity contribution in [3.8, 4) is 45.6 Å². The van der Waals surface area contributed by atoms with E-state index in [0.717, 1.165) is 16.7 Å². The van der Waals surface area contributed by atoms with E-state index in [1.165, 1.54) is 78.9 Å². The van der Waals surface area contributed by atoms with Gasteiger partial charge in [0.15, 0.2) is 5.78 Å². The first kappa shape index (κ1) is 78.7. The molecule has 11 aromatic carbocycles. The van der Waals surface area contributed by atoms with Gasteiger partial charge < -0.3 is 61.6 Å². The molecule has 30 heteroatoms. The fourth-order valence-corrected chi connectivity index (χ4v) is 14.1. The Kier molecular flexibility index (Phi) is 19.2. The van der Waals surface area contributed by atoms with Crippen LogP contribution < -0.4 is 14.2 Å². The van der Waals surface area contributed by atoms with Crippen LogP contribution in [-0.2, 0) is 52.8 Å². The van der Waals surface area contributed by atoms with Gasteiger partial charge in [-0.1, -0.05) is 88.7 Å². The summed E-state index contributed by atoms with van der Waals surface area (Å²) in [5.41, 5.74) is 9.18. The van der Waals surface area contributed by atoms with E-state index >= 15 is 0 Å². The number of esters is 16. The highest BCUT2D eigenvalue weighted by atomic mass is 16.6. The Morgan fingerprint density at radius 3 is 0.742 bits per heavy atom. The molecule has 0 N–H and O–H groups in total. The number of fused-ring (bicyclic) bond motifs is 10. The van der Waals surface area contributed by atoms with E-state index in [-0.39, 0.29) is 94.6 Å². The largest absolute Gasteiger partial charge is 0.457 e. The quantitative estimate of drug-likeness (QED) is 0.0502. The maximum atomic E-state index is 12.5. The Bertz CT molecular complexity index is 6530. The number of benzene rings is 11. The third-order valence-electron chi connectivity index (χ3n) is 20.6. The van der Waals surface area contributed by atoms with E-state index in [1.54, 1.807) is 78.9 Å². The van der Waals surface area contributed by atoms with Gasteiger partial charge in [-0.05, 0) is 180 Å². The Hall–Kier alpha value is -17.8. The van der Waals surface area contributed by atoms with Crippen molar-refractivity contribution < 1.29 is 143 Å². The maximum Gasteiger partial charge on any atom is 0.347 e. The number of carbonyl (C=O) groups excluding carboxylic acids is 17. The lowest BCUT2D eigenvalue weighted by Gasteiger charge is -2.26. The van der Waals surface area contributed by atoms with E-state index in [4.69, 9.17) is 33.2 Å². The zero-order valence-corrected chi connectivity index (χ0v) is 63.7. The summed E-state index contributed by atoms with van der Waals surface area (Å²) in [4.78, 5) is 197. The van der Waals surface area contributed by atoms with E-state index in [0.29, 0.717) is 96.3 Å². The van der Waals surface area contributed by atoms with Crippen molar-refractivity contribution in [3.63, 3.8) is 0 Å². The normalized spacial score (nSPS) is 15.0. The van der Waals surface area contributed by atoms with E-state index in [2.05, 4.69) is 68.6 Å². The standard InChI is InChI=1S/C32H22O7.C17H6O7.C17H8O6.C17H8O5.C11H4O5/c1-18-25-14-12-23(16-27(25)30(34)36-18)37-21-8-4-19(5-9-21)32(2,3)20-6-10-22(11-7-20)38-24-13-15-26-28(17-24)31(35)39-29(26)33;18-13(7-1-3-9-11(5-7)16(21)23-14(9)19)8-2-4-10-12(6-8)17(22)24-15(10)20;1-8-11-4-2-9(6-13(11)16(19)21-8)22-10-3-5-12-14(7-10)17(20)23-15(12)18;1-8-11-4-2-9(6-13(11)16(19)21-8)10-3-5-12-14(7-10)17(20)22-15(12)18;1-4-5-2-7-8(11(14)16-10(7)13)3-6(5)9(12)15-4/h4-17H,1H2,2-3H3;1-6H;2-7H,1H2;2-7H,1H2;2-3H,1H2. The lowest BCUT2D eigenvalue weighted by Crippen LogP contribution is -2.18. The van der Waals surface area contributed by atoms with Crippen LogP contribution in [0, 0.1) is 0 Å². The Labute approximate surface area is 695 Å². The van der Waals surface area contributed by atoms with Crippen LogP contribution in [-0.4, -0.2) is 101 Å². The van der Waals surface area contributed by atoms with Crippen molar-refractivity contribution in [2.24, 2.45) is 0 Å². The van der Waals surface area contributed by atoms with E-state index in [1.807, 2.05) is 48.5 Å². The molecule has 604 valence electrons. The molecule has 0 aromatic heterocycles. The first-order chi connectivity index (χ1) is 59.3. The molecule has 0 spiro atoms. The number of rotatable bonds is 11. The number of hydrogen-bond donors (Lipinski definition) is 0. The van der Waals surface area contributed by atoms with Crippen LogP contribution in [0.5, 0.6) is 34.5 Å². The fourth-order valence-electron chi connectivity index (χ4n) is 14.1. The minimum atomic E-state index is -0.812. The van der Waals surface area contributed by atoms with Gasteiger partial charge >= 0.3 is 95.5 Å². The van der Waals surface area contributed by atoms with Crippen LogP contribution in [0.4, 0.5) is 0 Å². The molecular weight excluding hydrogens is 1610 g/mol. The molecule has 0 aliphatic carbocycles. The lowest BCUT2D eigenvalue weighted by molar-refractivity contribution is 0.0425. The Morgan fingerprint density at radius 2 is 0.411 bits per heavy atom. The van der Waals surface area contributed by atoms with Crippen molar-refractivity contribution in [1.29, 1.82) is 0 Å². The Balaban J connectivity index is 0.000000113. The molecule has 10 aliphatic rings. The van der Waals surface area contributed by atoms with Gasteiger partial charge in [-0.3, -0.25) is 4.79 Å². The van der Waals surface area contributed by atoms with Gasteiger partial charge in [-0.2, -0.15) is 0 Å². The molecule has 0 radical (unpaired) electrons. The van der Waals surface area contributed by atoms with Crippen LogP contribution in [0.1, 0.15) is 229 Å². The first-order valence-corrected chi connectivity index (χ1v) is 36.6. The van der Waals surface area contributed by atoms with Crippen LogP contribution in [0.3, 0.4) is 0 Å². The molecule has 0 atom stereocenters. The third-order valence-corrected chi connectivity index (χ3v) is 20.6. The molecule has 0 bridgehead atoms. The average Bonchev–Trinajstić information content (AvgIpc) is 1.60. The highest BCUT2D eigenvalue weighted by molar-refractivity contribution is 6.22. The number of cyclic esters (lactones) is 16. The second kappa shape index (κ2) is 30.3. The zero-order valence-electron chi connectivity index (χ0n) is 63.7. The van der Waals surface area contributed by atoms with Gasteiger partial charge in [0.25, 0.3) is 0 Å². The van der Waals surface area contributed by atoms with E-state index < -0.39 is 101 Å². The van der Waals surface area contributed by atoms with Crippen LogP contribution in [0.15, 0.2) is 233 Å². The SMILES string of the molecule is C=C1OC(=O)c2cc(-c3ccc4c(c3)C(=O)OC4=O)ccc21.C=C1OC(=O)c2cc(Oc3ccc(C(C)(C)c4ccc(Oc5ccc6c(c5)C(=O)OC6=O)cc4)cc3)ccc21.C=C1OC(=O)c2cc(Oc3ccc4c(c3)C(=O)OC4=O)ccc21.C=C1OC(=O)c2cc3c(cc21)C(=O)OC3=O.O=C(c1ccc2c(c1)C(=O)OC2=O)c1ccc2c(c1)C(=O)OC2=O. The van der Waals surface area contributed by atoms with Gasteiger partial charge in [0.1, 0.15) is 57.5 Å². The van der Waals surface area contributed by atoms with Gasteiger partial charge in [-0.25, -0.2) is 76.7 Å². The second-order valence-electron chi connectivity index (χ2n) is 28.4. The Morgan fingerprint density at radius 1 is 0.210 bits per heavy atom. The summed E-state index contributed by atoms with van der Waals surface area (Å²) in [6.45, 7) is 18.8. The summed E-state index contributed by atoms with van der Waals surface area (Å²) in [5.74, 6) is -6.88. The maximum absolute atomic E-state index is 12.5. The third kappa shape index (κ3) is 14.3. The predicted molar refractivity (Wildman–Crippen MR) is 422 cm³/mol. The number of ether oxygens (including phenoxy) is 13. The van der Waals surface area contributed by atoms with Crippen LogP contribution in [0.25, 0.3) is 34.2 Å². The van der Waals surface area contributed by atoms with Crippen molar-refractivity contribution in [3.05, 3.63) is 366 Å². The first-order valence-electron chi connectivity index (χ1n) is 36.6. The summed E-state index contributed by atoms with van der Waals surface area (Å²) in [5, 5.41) is 0. The highest BCUT2D eigenvalue weighted by Gasteiger charge is 2.40. The summed E-state index contributed by atoms with van der Waals surface area (Å²) in [7, 11) is 0. The molecule has 10 heterocycles. The van der Waals surface area contributed by atoms with Crippen molar-refractivity contribution in [2.75, 3.05) is 0 Å². The fraction of sp³-hybridized carbons (Fsp3) is 0.0319. The molecule has 0 saturated heterocycles. The summed E-state index contributed by atoms with van der Waals surface area (Å²) < 4.78 is 64.4. The van der Waals surface area contributed by atoms with Gasteiger partial charge in [-0.15, -0.1) is 0 Å². The number of carbonyl (C=O) groups is 17. The number of ketones is 1. The highest BCUT2D eigenvalue weighted by Crippen LogP contribution is 2.42. The molecule has 21 rings (SSSR count). The van der Waals surface area contributed by atoms with Gasteiger partial charge in [0.2, 0.25) is 0 Å². The van der Waals surface area contributed by atoms with E-state index in [9.17, 15) is 81.5 Å². The zero-order chi connectivity index (χ0) is 87.3. The molecule has 0 amide bonds. The molecule has 0 fully saturated rings. The minimum absolute atomic E-state index is 0.0154. The molecule has 10 aliphatic heterocycles. The number of hydrogen-bond acceptors (Lipinski definition) is 30. The molecule has 0 unspecified atom stereocenters. The summed E-state index contributed by atoms with van der Waals surface area (Å²) >= 11 is 0. The van der Waals surface area contributed by atoms with Crippen LogP contribution in [0.2, 0.25) is 0 Å². The predicted octanol–water partition coefficient (Wildman–Crippen LogP) is 15.5. The molecular formula is C94H48O30.